The van der Waals surface area contributed by atoms with Crippen molar-refractivity contribution < 1.29 is 37.9 Å². The van der Waals surface area contributed by atoms with Gasteiger partial charge in [0.05, 0.1) is 6.61 Å². The normalized spacial score (nSPS) is 12.5. The maximum atomic E-state index is 12.3. The number of hydrogen-bond donors (Lipinski definition) is 2. The van der Waals surface area contributed by atoms with Crippen molar-refractivity contribution in [3.05, 3.63) is 12.2 Å². The summed E-state index contributed by atoms with van der Waals surface area (Å²) < 4.78 is 26.2. The smallest absolute Gasteiger partial charge is 0.462 e. The molecule has 0 rings (SSSR count). The molecular formula is C35H67O8P. The van der Waals surface area contributed by atoms with E-state index in [1.54, 1.807) is 0 Å². The third-order valence-corrected chi connectivity index (χ3v) is 8.27. The number of unbranched alkanes of at least 4 members (excludes halogenated alkanes) is 21. The number of carbonyl (C=O) groups excluding carboxylic acids is 2. The van der Waals surface area contributed by atoms with Gasteiger partial charge in [-0.1, -0.05) is 142 Å². The monoisotopic (exact) mass is 646 g/mol. The van der Waals surface area contributed by atoms with Crippen molar-refractivity contribution in [2.24, 2.45) is 0 Å². The van der Waals surface area contributed by atoms with Crippen LogP contribution in [0.5, 0.6) is 0 Å². The Morgan fingerprint density at radius 1 is 0.568 bits per heavy atom. The lowest BCUT2D eigenvalue weighted by atomic mass is 10.0. The van der Waals surface area contributed by atoms with Crippen LogP contribution < -0.4 is 0 Å². The second-order valence-corrected chi connectivity index (χ2v) is 13.4. The van der Waals surface area contributed by atoms with Crippen LogP contribution in [0, 0.1) is 0 Å². The molecule has 0 aromatic carbocycles. The maximum Gasteiger partial charge on any atom is 0.469 e. The van der Waals surface area contributed by atoms with Crippen molar-refractivity contribution in [2.45, 2.75) is 187 Å². The minimum absolute atomic E-state index is 0.206. The Bertz CT molecular complexity index is 736. The van der Waals surface area contributed by atoms with Crippen molar-refractivity contribution in [1.29, 1.82) is 0 Å². The molecule has 0 aromatic rings. The summed E-state index contributed by atoms with van der Waals surface area (Å²) in [7, 11) is -4.74. The van der Waals surface area contributed by atoms with Gasteiger partial charge >= 0.3 is 19.8 Å². The highest BCUT2D eigenvalue weighted by atomic mass is 31.2. The first-order valence-electron chi connectivity index (χ1n) is 18.0. The summed E-state index contributed by atoms with van der Waals surface area (Å²) in [5.41, 5.74) is 0. The van der Waals surface area contributed by atoms with Gasteiger partial charge in [0.1, 0.15) is 6.61 Å². The Labute approximate surface area is 269 Å². The van der Waals surface area contributed by atoms with Crippen LogP contribution >= 0.6 is 7.82 Å². The highest BCUT2D eigenvalue weighted by Crippen LogP contribution is 2.36. The van der Waals surface area contributed by atoms with Gasteiger partial charge in [0.2, 0.25) is 0 Å². The number of hydrogen-bond acceptors (Lipinski definition) is 6. The van der Waals surface area contributed by atoms with E-state index < -0.39 is 32.5 Å². The number of phosphoric acid groups is 1. The lowest BCUT2D eigenvalue weighted by molar-refractivity contribution is -0.161. The molecule has 0 heterocycles. The average molecular weight is 647 g/mol. The van der Waals surface area contributed by atoms with Gasteiger partial charge in [-0.15, -0.1) is 0 Å². The minimum Gasteiger partial charge on any atom is -0.462 e. The van der Waals surface area contributed by atoms with Crippen LogP contribution in [0.3, 0.4) is 0 Å². The number of allylic oxidation sites excluding steroid dienone is 2. The molecular weight excluding hydrogens is 579 g/mol. The van der Waals surface area contributed by atoms with E-state index in [0.29, 0.717) is 6.42 Å². The van der Waals surface area contributed by atoms with Gasteiger partial charge in [-0.3, -0.25) is 14.1 Å². The van der Waals surface area contributed by atoms with Gasteiger partial charge in [0.15, 0.2) is 6.10 Å². The fourth-order valence-corrected chi connectivity index (χ4v) is 5.43. The van der Waals surface area contributed by atoms with E-state index >= 15 is 0 Å². The van der Waals surface area contributed by atoms with Gasteiger partial charge in [-0.25, -0.2) is 4.57 Å². The van der Waals surface area contributed by atoms with E-state index in [-0.39, 0.29) is 19.4 Å². The van der Waals surface area contributed by atoms with E-state index in [1.807, 2.05) is 0 Å². The number of rotatable bonds is 33. The highest BCUT2D eigenvalue weighted by Gasteiger charge is 2.22. The molecule has 0 aliphatic heterocycles. The molecule has 0 radical (unpaired) electrons. The van der Waals surface area contributed by atoms with Crippen molar-refractivity contribution in [3.8, 4) is 0 Å². The Morgan fingerprint density at radius 3 is 1.39 bits per heavy atom. The zero-order chi connectivity index (χ0) is 32.6. The van der Waals surface area contributed by atoms with E-state index in [1.165, 1.54) is 96.3 Å². The molecule has 0 saturated carbocycles. The van der Waals surface area contributed by atoms with Crippen molar-refractivity contribution >= 4 is 19.8 Å². The molecule has 0 aromatic heterocycles. The molecule has 0 aliphatic rings. The predicted molar refractivity (Wildman–Crippen MR) is 179 cm³/mol. The zero-order valence-corrected chi connectivity index (χ0v) is 29.2. The Hall–Kier alpha value is -1.21. The molecule has 0 unspecified atom stereocenters. The Balaban J connectivity index is 3.99. The van der Waals surface area contributed by atoms with Crippen LogP contribution in [0.1, 0.15) is 181 Å². The summed E-state index contributed by atoms with van der Waals surface area (Å²) in [6.07, 6.45) is 32.1. The number of phosphoric ester groups is 1. The summed E-state index contributed by atoms with van der Waals surface area (Å²) in [4.78, 5) is 42.6. The van der Waals surface area contributed by atoms with E-state index in [4.69, 9.17) is 19.3 Å². The average Bonchev–Trinajstić information content (AvgIpc) is 2.98. The van der Waals surface area contributed by atoms with E-state index in [9.17, 15) is 14.2 Å². The molecule has 0 amide bonds. The molecule has 0 bridgehead atoms. The standard InChI is InChI=1S/C35H67O8P/c1-3-5-7-9-11-13-15-17-18-20-22-24-26-28-30-35(37)43-33(32-42-44(38,39)40)31-41-34(36)29-27-25-23-21-19-16-14-12-10-8-6-4-2/h15,17,33H,3-14,16,18-32H2,1-2H3,(H2,38,39,40)/b17-15+/t33-/m1/s1. The van der Waals surface area contributed by atoms with Crippen LogP contribution in [0.25, 0.3) is 0 Å². The minimum atomic E-state index is -4.74. The topological polar surface area (TPSA) is 119 Å². The van der Waals surface area contributed by atoms with Gasteiger partial charge < -0.3 is 19.3 Å². The third-order valence-electron chi connectivity index (χ3n) is 7.78. The largest absolute Gasteiger partial charge is 0.469 e. The molecule has 1 atom stereocenters. The van der Waals surface area contributed by atoms with Gasteiger partial charge in [0.25, 0.3) is 0 Å². The molecule has 260 valence electrons. The van der Waals surface area contributed by atoms with Crippen molar-refractivity contribution in [3.63, 3.8) is 0 Å². The van der Waals surface area contributed by atoms with E-state index in [0.717, 1.165) is 51.4 Å². The first-order valence-corrected chi connectivity index (χ1v) is 19.5. The van der Waals surface area contributed by atoms with Crippen LogP contribution in [0.15, 0.2) is 12.2 Å². The van der Waals surface area contributed by atoms with Gasteiger partial charge in [-0.05, 0) is 38.5 Å². The summed E-state index contributed by atoms with van der Waals surface area (Å²) in [6.45, 7) is 3.65. The fraction of sp³-hybridized carbons (Fsp3) is 0.886. The zero-order valence-electron chi connectivity index (χ0n) is 28.3. The number of carbonyl (C=O) groups is 2. The van der Waals surface area contributed by atoms with Crippen LogP contribution in [0.4, 0.5) is 0 Å². The first-order chi connectivity index (χ1) is 21.3. The third kappa shape index (κ3) is 33.7. The van der Waals surface area contributed by atoms with E-state index in [2.05, 4.69) is 30.5 Å². The van der Waals surface area contributed by atoms with Gasteiger partial charge in [0, 0.05) is 12.8 Å². The highest BCUT2D eigenvalue weighted by molar-refractivity contribution is 7.46. The molecule has 9 heteroatoms. The predicted octanol–water partition coefficient (Wildman–Crippen LogP) is 10.3. The van der Waals surface area contributed by atoms with Crippen LogP contribution in [-0.2, 0) is 28.2 Å². The summed E-state index contributed by atoms with van der Waals surface area (Å²) >= 11 is 0. The maximum absolute atomic E-state index is 12.3. The second-order valence-electron chi connectivity index (χ2n) is 12.2. The number of ether oxygens (including phenoxy) is 2. The molecule has 0 saturated heterocycles. The van der Waals surface area contributed by atoms with Gasteiger partial charge in [-0.2, -0.15) is 0 Å². The summed E-state index contributed by atoms with van der Waals surface area (Å²) in [5.74, 6) is -0.890. The lowest BCUT2D eigenvalue weighted by Gasteiger charge is -2.18. The second kappa shape index (κ2) is 31.8. The molecule has 2 N–H and O–H groups in total. The molecule has 0 fully saturated rings. The Morgan fingerprint density at radius 2 is 0.955 bits per heavy atom. The van der Waals surface area contributed by atoms with Crippen molar-refractivity contribution in [2.75, 3.05) is 13.2 Å². The summed E-state index contributed by atoms with van der Waals surface area (Å²) in [6, 6.07) is 0. The lowest BCUT2D eigenvalue weighted by Crippen LogP contribution is -2.29. The van der Waals surface area contributed by atoms with Crippen LogP contribution in [0.2, 0.25) is 0 Å². The van der Waals surface area contributed by atoms with Crippen LogP contribution in [-0.4, -0.2) is 41.0 Å². The molecule has 0 aliphatic carbocycles. The number of esters is 2. The summed E-state index contributed by atoms with van der Waals surface area (Å²) in [5, 5.41) is 0. The fourth-order valence-electron chi connectivity index (χ4n) is 5.07. The Kier molecular flexibility index (Phi) is 30.9. The molecule has 0 spiro atoms. The first kappa shape index (κ1) is 42.8. The molecule has 44 heavy (non-hydrogen) atoms. The molecule has 8 nitrogen and oxygen atoms in total. The van der Waals surface area contributed by atoms with Crippen molar-refractivity contribution in [1.82, 2.24) is 0 Å². The quantitative estimate of drug-likeness (QED) is 0.0313. The SMILES string of the molecule is CCCCCCC/C=C/CCCCCCCC(=O)O[C@H](COC(=O)CCCCCCCCCCCCCC)COP(=O)(O)O.